The first-order valence-corrected chi connectivity index (χ1v) is 16.0. The molecule has 0 amide bonds. The van der Waals surface area contributed by atoms with Crippen molar-refractivity contribution in [3.63, 3.8) is 0 Å². The molecule has 3 aromatic heterocycles. The number of nitrogens with zero attached hydrogens (tertiary/aromatic N) is 4. The number of pyridine rings is 2. The maximum absolute atomic E-state index is 5.22. The molecule has 9 rings (SSSR count). The van der Waals surface area contributed by atoms with E-state index in [0.717, 1.165) is 66.8 Å². The van der Waals surface area contributed by atoms with Gasteiger partial charge in [0.25, 0.3) is 0 Å². The molecule has 0 bridgehead atoms. The second-order valence-electron chi connectivity index (χ2n) is 11.9. The van der Waals surface area contributed by atoms with Crippen LogP contribution in [0.2, 0.25) is 0 Å². The molecule has 0 saturated heterocycles. The third kappa shape index (κ3) is 4.97. The molecule has 0 N–H and O–H groups in total. The van der Waals surface area contributed by atoms with E-state index in [4.69, 9.17) is 9.97 Å². The molecular formula is C44H28N4. The summed E-state index contributed by atoms with van der Waals surface area (Å²) in [5.74, 6) is 0.728. The van der Waals surface area contributed by atoms with E-state index < -0.39 is 0 Å². The fourth-order valence-electron chi connectivity index (χ4n) is 6.59. The van der Waals surface area contributed by atoms with Gasteiger partial charge in [0.2, 0.25) is 0 Å². The predicted octanol–water partition coefficient (Wildman–Crippen LogP) is 11.1. The minimum Gasteiger partial charge on any atom is -0.245 e. The van der Waals surface area contributed by atoms with Crippen molar-refractivity contribution in [3.05, 3.63) is 170 Å². The number of hydrogen-bond donors (Lipinski definition) is 0. The van der Waals surface area contributed by atoms with Gasteiger partial charge in [-0.1, -0.05) is 133 Å². The number of hydrogen-bond acceptors (Lipinski definition) is 4. The highest BCUT2D eigenvalue weighted by Crippen LogP contribution is 2.37. The predicted molar refractivity (Wildman–Crippen MR) is 197 cm³/mol. The van der Waals surface area contributed by atoms with Crippen molar-refractivity contribution in [2.24, 2.45) is 0 Å². The smallest absolute Gasteiger partial charge is 0.159 e. The highest BCUT2D eigenvalue weighted by atomic mass is 14.8. The molecule has 3 heterocycles. The van der Waals surface area contributed by atoms with Crippen molar-refractivity contribution in [3.8, 4) is 56.2 Å². The standard InChI is InChI=1S/C44H28N4/c1-2-8-30(9-3-1)40-24-20-31-16-17-32-21-25-41(48-43(32)42(31)47-40)35-11-6-10-34(28-35)37-23-22-36(38-12-4-5-13-39(37)38)29-14-18-33(19-15-29)44-45-26-7-27-46-44/h1-28H. The summed E-state index contributed by atoms with van der Waals surface area (Å²) in [5.41, 5.74) is 11.5. The van der Waals surface area contributed by atoms with Gasteiger partial charge in [0.15, 0.2) is 5.82 Å². The molecule has 4 heteroatoms. The summed E-state index contributed by atoms with van der Waals surface area (Å²) in [5, 5.41) is 4.57. The molecule has 0 spiro atoms. The van der Waals surface area contributed by atoms with E-state index in [0.29, 0.717) is 0 Å². The molecular weight excluding hydrogens is 585 g/mol. The third-order valence-corrected chi connectivity index (χ3v) is 9.00. The second-order valence-corrected chi connectivity index (χ2v) is 11.9. The molecule has 0 fully saturated rings. The van der Waals surface area contributed by atoms with Gasteiger partial charge < -0.3 is 0 Å². The van der Waals surface area contributed by atoms with Gasteiger partial charge in [0, 0.05) is 39.9 Å². The fraction of sp³-hybridized carbons (Fsp3) is 0. The largest absolute Gasteiger partial charge is 0.245 e. The molecule has 0 radical (unpaired) electrons. The average Bonchev–Trinajstić information content (AvgIpc) is 3.18. The molecule has 48 heavy (non-hydrogen) atoms. The van der Waals surface area contributed by atoms with Crippen LogP contribution in [-0.4, -0.2) is 19.9 Å². The Morgan fingerprint density at radius 2 is 0.854 bits per heavy atom. The molecule has 4 nitrogen and oxygen atoms in total. The topological polar surface area (TPSA) is 51.6 Å². The first kappa shape index (κ1) is 27.8. The van der Waals surface area contributed by atoms with E-state index in [1.807, 2.05) is 24.3 Å². The Bertz CT molecular complexity index is 2600. The zero-order chi connectivity index (χ0) is 31.9. The van der Waals surface area contributed by atoms with Crippen LogP contribution in [0.15, 0.2) is 170 Å². The number of aromatic nitrogens is 4. The van der Waals surface area contributed by atoms with Crippen molar-refractivity contribution >= 4 is 32.6 Å². The van der Waals surface area contributed by atoms with Crippen LogP contribution in [0.5, 0.6) is 0 Å². The van der Waals surface area contributed by atoms with E-state index in [1.165, 1.54) is 21.9 Å². The summed E-state index contributed by atoms with van der Waals surface area (Å²) in [6.45, 7) is 0. The number of benzene rings is 6. The van der Waals surface area contributed by atoms with Crippen molar-refractivity contribution < 1.29 is 0 Å². The van der Waals surface area contributed by atoms with Crippen LogP contribution in [0.1, 0.15) is 0 Å². The highest BCUT2D eigenvalue weighted by molar-refractivity contribution is 6.06. The lowest BCUT2D eigenvalue weighted by molar-refractivity contribution is 1.18. The molecule has 0 atom stereocenters. The van der Waals surface area contributed by atoms with E-state index in [-0.39, 0.29) is 0 Å². The summed E-state index contributed by atoms with van der Waals surface area (Å²) in [4.78, 5) is 19.1. The van der Waals surface area contributed by atoms with Crippen LogP contribution in [-0.2, 0) is 0 Å². The Balaban J connectivity index is 1.11. The molecule has 0 unspecified atom stereocenters. The van der Waals surface area contributed by atoms with E-state index >= 15 is 0 Å². The minimum atomic E-state index is 0.728. The van der Waals surface area contributed by atoms with Gasteiger partial charge in [-0.2, -0.15) is 0 Å². The van der Waals surface area contributed by atoms with Gasteiger partial charge in [0.1, 0.15) is 0 Å². The van der Waals surface area contributed by atoms with Crippen LogP contribution in [0.4, 0.5) is 0 Å². The zero-order valence-electron chi connectivity index (χ0n) is 26.0. The summed E-state index contributed by atoms with van der Waals surface area (Å²) >= 11 is 0. The van der Waals surface area contributed by atoms with Crippen LogP contribution >= 0.6 is 0 Å². The Morgan fingerprint density at radius 1 is 0.333 bits per heavy atom. The third-order valence-electron chi connectivity index (χ3n) is 9.00. The summed E-state index contributed by atoms with van der Waals surface area (Å²) < 4.78 is 0. The van der Waals surface area contributed by atoms with E-state index in [9.17, 15) is 0 Å². The molecule has 224 valence electrons. The highest BCUT2D eigenvalue weighted by Gasteiger charge is 2.13. The van der Waals surface area contributed by atoms with E-state index in [2.05, 4.69) is 143 Å². The monoisotopic (exact) mass is 612 g/mol. The molecule has 0 saturated carbocycles. The van der Waals surface area contributed by atoms with Crippen LogP contribution in [0, 0.1) is 0 Å². The molecule has 6 aromatic carbocycles. The normalized spacial score (nSPS) is 11.3. The van der Waals surface area contributed by atoms with Gasteiger partial charge in [0.05, 0.1) is 22.4 Å². The minimum absolute atomic E-state index is 0.728. The van der Waals surface area contributed by atoms with Gasteiger partial charge in [-0.3, -0.25) is 0 Å². The van der Waals surface area contributed by atoms with Crippen molar-refractivity contribution in [1.82, 2.24) is 19.9 Å². The number of fused-ring (bicyclic) bond motifs is 4. The lowest BCUT2D eigenvalue weighted by atomic mass is 9.91. The summed E-state index contributed by atoms with van der Waals surface area (Å²) in [7, 11) is 0. The number of rotatable bonds is 5. The van der Waals surface area contributed by atoms with Gasteiger partial charge in [-0.25, -0.2) is 19.9 Å². The van der Waals surface area contributed by atoms with Crippen molar-refractivity contribution in [2.75, 3.05) is 0 Å². The Kier molecular flexibility index (Phi) is 6.76. The first-order valence-electron chi connectivity index (χ1n) is 16.0. The van der Waals surface area contributed by atoms with Crippen molar-refractivity contribution in [2.45, 2.75) is 0 Å². The zero-order valence-corrected chi connectivity index (χ0v) is 26.0. The maximum Gasteiger partial charge on any atom is 0.159 e. The maximum atomic E-state index is 5.22. The van der Waals surface area contributed by atoms with E-state index in [1.54, 1.807) is 12.4 Å². The Hall–Kier alpha value is -6.52. The Labute approximate surface area is 278 Å². The van der Waals surface area contributed by atoms with Gasteiger partial charge in [-0.05, 0) is 57.3 Å². The first-order chi connectivity index (χ1) is 23.8. The molecule has 9 aromatic rings. The summed E-state index contributed by atoms with van der Waals surface area (Å²) in [6, 6.07) is 55.2. The molecule has 0 aliphatic heterocycles. The van der Waals surface area contributed by atoms with Gasteiger partial charge in [-0.15, -0.1) is 0 Å². The second kappa shape index (κ2) is 11.7. The lowest BCUT2D eigenvalue weighted by Crippen LogP contribution is -1.91. The van der Waals surface area contributed by atoms with Crippen LogP contribution in [0.3, 0.4) is 0 Å². The van der Waals surface area contributed by atoms with Crippen LogP contribution < -0.4 is 0 Å². The average molecular weight is 613 g/mol. The Morgan fingerprint density at radius 3 is 1.52 bits per heavy atom. The lowest BCUT2D eigenvalue weighted by Gasteiger charge is -2.13. The quantitative estimate of drug-likeness (QED) is 0.181. The van der Waals surface area contributed by atoms with Gasteiger partial charge >= 0.3 is 0 Å². The fourth-order valence-corrected chi connectivity index (χ4v) is 6.59. The SMILES string of the molecule is c1ccc(-c2ccc3ccc4ccc(-c5cccc(-c6ccc(-c7ccc(-c8ncccn8)cc7)c7ccccc67)c5)nc4c3n2)cc1. The molecule has 0 aliphatic rings. The summed E-state index contributed by atoms with van der Waals surface area (Å²) in [6.07, 6.45) is 3.54. The molecule has 0 aliphatic carbocycles. The van der Waals surface area contributed by atoms with Crippen LogP contribution in [0.25, 0.3) is 88.7 Å². The van der Waals surface area contributed by atoms with Crippen molar-refractivity contribution in [1.29, 1.82) is 0 Å².